The normalized spacial score (nSPS) is 12.8. The van der Waals surface area contributed by atoms with Crippen molar-refractivity contribution >= 4 is 37.5 Å². The van der Waals surface area contributed by atoms with E-state index in [9.17, 15) is 9.50 Å². The summed E-state index contributed by atoms with van der Waals surface area (Å²) in [6.07, 6.45) is 1.12. The highest BCUT2D eigenvalue weighted by Crippen LogP contribution is 2.26. The van der Waals surface area contributed by atoms with Crippen LogP contribution >= 0.6 is 27.3 Å². The molecule has 0 spiro atoms. The third-order valence-corrected chi connectivity index (χ3v) is 4.48. The number of nitrogens with zero attached hydrogens (tertiary/aromatic N) is 1. The Balaban J connectivity index is 1.86. The minimum absolute atomic E-state index is 0.234. The van der Waals surface area contributed by atoms with Gasteiger partial charge in [0.05, 0.1) is 16.3 Å². The predicted molar refractivity (Wildman–Crippen MR) is 82.4 cm³/mol. The highest BCUT2D eigenvalue weighted by atomic mass is 79.9. The van der Waals surface area contributed by atoms with Gasteiger partial charge in [-0.05, 0) is 35.2 Å². The molecule has 3 aromatic rings. The molecular weight excluding hydrogens is 341 g/mol. The number of aliphatic hydroxyl groups is 1. The third kappa shape index (κ3) is 2.75. The minimum Gasteiger partial charge on any atom is -0.388 e. The van der Waals surface area contributed by atoms with Crippen molar-refractivity contribution < 1.29 is 9.50 Å². The SMILES string of the molecule is OC(Cc1ccc(Br)cc1F)c1cnc2ccsc2c1. The van der Waals surface area contributed by atoms with Gasteiger partial charge >= 0.3 is 0 Å². The zero-order chi connectivity index (χ0) is 14.1. The number of hydrogen-bond acceptors (Lipinski definition) is 3. The largest absolute Gasteiger partial charge is 0.388 e. The van der Waals surface area contributed by atoms with E-state index < -0.39 is 6.10 Å². The van der Waals surface area contributed by atoms with E-state index in [1.165, 1.54) is 6.07 Å². The van der Waals surface area contributed by atoms with Gasteiger partial charge in [0.15, 0.2) is 0 Å². The number of hydrogen-bond donors (Lipinski definition) is 1. The molecule has 0 aliphatic heterocycles. The second-order valence-corrected chi connectivity index (χ2v) is 6.39. The van der Waals surface area contributed by atoms with Crippen LogP contribution in [0.1, 0.15) is 17.2 Å². The number of halogens is 2. The van der Waals surface area contributed by atoms with E-state index in [1.54, 1.807) is 29.7 Å². The lowest BCUT2D eigenvalue weighted by molar-refractivity contribution is 0.177. The van der Waals surface area contributed by atoms with Gasteiger partial charge in [-0.2, -0.15) is 0 Å². The Morgan fingerprint density at radius 3 is 2.95 bits per heavy atom. The van der Waals surface area contributed by atoms with Crippen molar-refractivity contribution in [2.24, 2.45) is 0 Å². The van der Waals surface area contributed by atoms with Gasteiger partial charge in [0.1, 0.15) is 5.82 Å². The highest BCUT2D eigenvalue weighted by Gasteiger charge is 2.13. The molecule has 0 radical (unpaired) electrons. The van der Waals surface area contributed by atoms with Gasteiger partial charge < -0.3 is 5.11 Å². The van der Waals surface area contributed by atoms with Crippen LogP contribution in [0.4, 0.5) is 4.39 Å². The topological polar surface area (TPSA) is 33.1 Å². The van der Waals surface area contributed by atoms with Gasteiger partial charge in [0.2, 0.25) is 0 Å². The molecule has 2 aromatic heterocycles. The number of benzene rings is 1. The summed E-state index contributed by atoms with van der Waals surface area (Å²) < 4.78 is 15.5. The molecule has 1 aromatic carbocycles. The van der Waals surface area contributed by atoms with E-state index >= 15 is 0 Å². The quantitative estimate of drug-likeness (QED) is 0.754. The second kappa shape index (κ2) is 5.60. The summed E-state index contributed by atoms with van der Waals surface area (Å²) in [4.78, 5) is 4.29. The molecule has 1 unspecified atom stereocenters. The van der Waals surface area contributed by atoms with Crippen molar-refractivity contribution in [3.63, 3.8) is 0 Å². The van der Waals surface area contributed by atoms with Crippen LogP contribution in [0.2, 0.25) is 0 Å². The van der Waals surface area contributed by atoms with Gasteiger partial charge in [0.25, 0.3) is 0 Å². The van der Waals surface area contributed by atoms with E-state index in [1.807, 2.05) is 17.5 Å². The van der Waals surface area contributed by atoms with E-state index in [0.29, 0.717) is 15.6 Å². The first-order chi connectivity index (χ1) is 9.63. The summed E-state index contributed by atoms with van der Waals surface area (Å²) in [5, 5.41) is 12.2. The molecule has 3 rings (SSSR count). The Hall–Kier alpha value is -1.30. The number of aliphatic hydroxyl groups excluding tert-OH is 1. The van der Waals surface area contributed by atoms with E-state index in [2.05, 4.69) is 20.9 Å². The lowest BCUT2D eigenvalue weighted by atomic mass is 10.0. The van der Waals surface area contributed by atoms with Gasteiger partial charge in [-0.3, -0.25) is 4.98 Å². The van der Waals surface area contributed by atoms with Crippen LogP contribution in [-0.2, 0) is 6.42 Å². The van der Waals surface area contributed by atoms with Crippen molar-refractivity contribution in [1.82, 2.24) is 4.98 Å². The fourth-order valence-corrected chi connectivity index (χ4v) is 3.18. The molecule has 0 amide bonds. The Bertz CT molecular complexity index is 758. The van der Waals surface area contributed by atoms with Crippen molar-refractivity contribution in [3.05, 3.63) is 63.3 Å². The summed E-state index contributed by atoms with van der Waals surface area (Å²) in [6.45, 7) is 0. The average Bonchev–Trinajstić information content (AvgIpc) is 2.89. The Morgan fingerprint density at radius 1 is 1.30 bits per heavy atom. The Morgan fingerprint density at radius 2 is 2.15 bits per heavy atom. The fourth-order valence-electron chi connectivity index (χ4n) is 2.06. The predicted octanol–water partition coefficient (Wildman–Crippen LogP) is 4.47. The monoisotopic (exact) mass is 351 g/mol. The van der Waals surface area contributed by atoms with Crippen molar-refractivity contribution in [3.8, 4) is 0 Å². The molecule has 0 aliphatic rings. The maximum absolute atomic E-state index is 13.8. The average molecular weight is 352 g/mol. The first-order valence-corrected chi connectivity index (χ1v) is 7.76. The molecule has 1 N–H and O–H groups in total. The lowest BCUT2D eigenvalue weighted by Gasteiger charge is -2.11. The molecule has 1 atom stereocenters. The molecule has 5 heteroatoms. The van der Waals surface area contributed by atoms with E-state index in [4.69, 9.17) is 0 Å². The third-order valence-electron chi connectivity index (χ3n) is 3.14. The molecule has 0 fully saturated rings. The van der Waals surface area contributed by atoms with Crippen LogP contribution in [0.5, 0.6) is 0 Å². The maximum Gasteiger partial charge on any atom is 0.127 e. The first kappa shape index (κ1) is 13.7. The van der Waals surface area contributed by atoms with Gasteiger partial charge in [0, 0.05) is 22.7 Å². The van der Waals surface area contributed by atoms with Gasteiger partial charge in [-0.15, -0.1) is 11.3 Å². The van der Waals surface area contributed by atoms with E-state index in [-0.39, 0.29) is 12.2 Å². The van der Waals surface area contributed by atoms with Crippen LogP contribution in [0.25, 0.3) is 10.2 Å². The second-order valence-electron chi connectivity index (χ2n) is 4.53. The number of rotatable bonds is 3. The zero-order valence-corrected chi connectivity index (χ0v) is 12.8. The lowest BCUT2D eigenvalue weighted by Crippen LogP contribution is -2.04. The minimum atomic E-state index is -0.760. The van der Waals surface area contributed by atoms with Gasteiger partial charge in [-0.25, -0.2) is 4.39 Å². The van der Waals surface area contributed by atoms with Crippen LogP contribution in [0, 0.1) is 5.82 Å². The van der Waals surface area contributed by atoms with Gasteiger partial charge in [-0.1, -0.05) is 22.0 Å². The van der Waals surface area contributed by atoms with Crippen molar-refractivity contribution in [2.45, 2.75) is 12.5 Å². The van der Waals surface area contributed by atoms with Crippen LogP contribution in [-0.4, -0.2) is 10.1 Å². The molecule has 0 saturated carbocycles. The zero-order valence-electron chi connectivity index (χ0n) is 10.4. The molecule has 0 bridgehead atoms. The van der Waals surface area contributed by atoms with Crippen molar-refractivity contribution in [2.75, 3.05) is 0 Å². The fraction of sp³-hybridized carbons (Fsp3) is 0.133. The number of pyridine rings is 1. The van der Waals surface area contributed by atoms with Crippen LogP contribution < -0.4 is 0 Å². The smallest absolute Gasteiger partial charge is 0.127 e. The number of thiophene rings is 1. The number of fused-ring (bicyclic) bond motifs is 1. The Labute approximate surface area is 128 Å². The molecule has 20 heavy (non-hydrogen) atoms. The molecule has 0 aliphatic carbocycles. The summed E-state index contributed by atoms with van der Waals surface area (Å²) in [5.74, 6) is -0.316. The molecule has 102 valence electrons. The summed E-state index contributed by atoms with van der Waals surface area (Å²) in [7, 11) is 0. The standard InChI is InChI=1S/C15H11BrFNOS/c16-11-2-1-9(12(17)7-11)5-14(19)10-6-15-13(18-8-10)3-4-20-15/h1-4,6-8,14,19H,5H2. The highest BCUT2D eigenvalue weighted by molar-refractivity contribution is 9.10. The van der Waals surface area contributed by atoms with Crippen LogP contribution in [0.3, 0.4) is 0 Å². The Kier molecular flexibility index (Phi) is 3.83. The van der Waals surface area contributed by atoms with E-state index in [0.717, 1.165) is 10.2 Å². The molecule has 2 nitrogen and oxygen atoms in total. The van der Waals surface area contributed by atoms with Crippen molar-refractivity contribution in [1.29, 1.82) is 0 Å². The summed E-state index contributed by atoms with van der Waals surface area (Å²) in [5.41, 5.74) is 2.12. The molecule has 2 heterocycles. The van der Waals surface area contributed by atoms with Crippen LogP contribution in [0.15, 0.2) is 46.4 Å². The molecule has 0 saturated heterocycles. The number of aromatic nitrogens is 1. The summed E-state index contributed by atoms with van der Waals surface area (Å²) in [6, 6.07) is 8.70. The molecular formula is C15H11BrFNOS. The first-order valence-electron chi connectivity index (χ1n) is 6.08. The maximum atomic E-state index is 13.8. The summed E-state index contributed by atoms with van der Waals surface area (Å²) >= 11 is 4.80.